The number of amides is 2. The monoisotopic (exact) mass is 476 g/mol. The molecule has 0 unspecified atom stereocenters. The van der Waals surface area contributed by atoms with Gasteiger partial charge in [-0.15, -0.1) is 0 Å². The number of rotatable bonds is 7. The molecule has 4 rings (SSSR count). The maximum Gasteiger partial charge on any atom is 0.407 e. The van der Waals surface area contributed by atoms with Crippen LogP contribution in [0.4, 0.5) is 4.79 Å². The number of carboxylic acids is 1. The average molecular weight is 477 g/mol. The topological polar surface area (TPSA) is 118 Å². The first-order chi connectivity index (χ1) is 16.6. The fourth-order valence-electron chi connectivity index (χ4n) is 4.30. The van der Waals surface area contributed by atoms with Crippen LogP contribution in [0.25, 0.3) is 11.1 Å². The van der Waals surface area contributed by atoms with E-state index in [2.05, 4.69) is 22.8 Å². The highest BCUT2D eigenvalue weighted by atomic mass is 16.5. The number of nitrogens with one attached hydrogen (secondary N) is 2. The maximum atomic E-state index is 12.9. The van der Waals surface area contributed by atoms with E-state index in [0.29, 0.717) is 5.76 Å². The molecule has 0 radical (unpaired) electrons. The Balaban J connectivity index is 1.39. The van der Waals surface area contributed by atoms with Crippen LogP contribution < -0.4 is 10.6 Å². The molecule has 0 saturated heterocycles. The number of hydrogen-bond donors (Lipinski definition) is 3. The second-order valence-electron chi connectivity index (χ2n) is 9.56. The van der Waals surface area contributed by atoms with Gasteiger partial charge >= 0.3 is 12.1 Å². The van der Waals surface area contributed by atoms with Crippen molar-refractivity contribution >= 4 is 18.0 Å². The van der Waals surface area contributed by atoms with Gasteiger partial charge in [-0.1, -0.05) is 69.3 Å². The molecule has 2 amide bonds. The highest BCUT2D eigenvalue weighted by molar-refractivity contribution is 5.87. The Hall–Kier alpha value is -4.07. The van der Waals surface area contributed by atoms with Crippen LogP contribution in [0, 0.1) is 5.41 Å². The molecule has 1 heterocycles. The normalized spacial score (nSPS) is 13.5. The predicted octanol–water partition coefficient (Wildman–Crippen LogP) is 4.55. The Kier molecular flexibility index (Phi) is 6.64. The summed E-state index contributed by atoms with van der Waals surface area (Å²) in [5, 5.41) is 14.3. The number of carbonyl (C=O) groups excluding carboxylic acids is 2. The molecular weight excluding hydrogens is 448 g/mol. The van der Waals surface area contributed by atoms with Gasteiger partial charge in [-0.2, -0.15) is 0 Å². The molecule has 0 saturated carbocycles. The van der Waals surface area contributed by atoms with Gasteiger partial charge in [0.1, 0.15) is 18.4 Å². The van der Waals surface area contributed by atoms with Crippen LogP contribution in [-0.4, -0.2) is 35.7 Å². The molecule has 8 nitrogen and oxygen atoms in total. The zero-order valence-electron chi connectivity index (χ0n) is 19.8. The molecule has 0 fully saturated rings. The number of furan rings is 1. The van der Waals surface area contributed by atoms with E-state index in [0.717, 1.165) is 22.3 Å². The smallest absolute Gasteiger partial charge is 0.407 e. The van der Waals surface area contributed by atoms with Crippen molar-refractivity contribution in [3.05, 3.63) is 83.3 Å². The summed E-state index contributed by atoms with van der Waals surface area (Å²) in [5.74, 6) is -1.62. The third-order valence-electron chi connectivity index (χ3n) is 6.04. The zero-order valence-corrected chi connectivity index (χ0v) is 19.8. The number of hydrogen-bond acceptors (Lipinski definition) is 5. The number of alkyl carbamates (subject to hydrolysis) is 1. The van der Waals surface area contributed by atoms with Crippen LogP contribution >= 0.6 is 0 Å². The van der Waals surface area contributed by atoms with E-state index in [1.54, 1.807) is 0 Å². The molecule has 1 aromatic heterocycles. The van der Waals surface area contributed by atoms with Crippen molar-refractivity contribution in [2.24, 2.45) is 5.41 Å². The number of carboxylic acid groups (broad SMARTS) is 1. The van der Waals surface area contributed by atoms with E-state index in [-0.39, 0.29) is 24.8 Å². The quantitative estimate of drug-likeness (QED) is 0.461. The second-order valence-corrected chi connectivity index (χ2v) is 9.56. The molecule has 0 bridgehead atoms. The third-order valence-corrected chi connectivity index (χ3v) is 6.04. The lowest BCUT2D eigenvalue weighted by molar-refractivity contribution is -0.125. The van der Waals surface area contributed by atoms with Crippen molar-refractivity contribution < 1.29 is 28.6 Å². The van der Waals surface area contributed by atoms with E-state index in [4.69, 9.17) is 14.3 Å². The van der Waals surface area contributed by atoms with Crippen molar-refractivity contribution in [3.8, 4) is 11.1 Å². The SMILES string of the molecule is CC(C)(C)[C@@H](NC(=O)OCC1c2ccccc2-c2ccccc21)C(=O)NCc1ccc(C(=O)O)o1. The lowest BCUT2D eigenvalue weighted by atomic mass is 9.86. The fraction of sp³-hybridized carbons (Fsp3) is 0.296. The van der Waals surface area contributed by atoms with Gasteiger partial charge in [-0.25, -0.2) is 9.59 Å². The van der Waals surface area contributed by atoms with Gasteiger partial charge in [-0.3, -0.25) is 4.79 Å². The summed E-state index contributed by atoms with van der Waals surface area (Å²) in [7, 11) is 0. The van der Waals surface area contributed by atoms with Crippen LogP contribution in [0.1, 0.15) is 54.1 Å². The number of fused-ring (bicyclic) bond motifs is 3. The minimum absolute atomic E-state index is 0.00887. The van der Waals surface area contributed by atoms with Gasteiger partial charge < -0.3 is 24.9 Å². The average Bonchev–Trinajstić information content (AvgIpc) is 3.42. The van der Waals surface area contributed by atoms with Gasteiger partial charge in [0.25, 0.3) is 0 Å². The minimum atomic E-state index is -1.19. The first-order valence-electron chi connectivity index (χ1n) is 11.4. The van der Waals surface area contributed by atoms with Gasteiger partial charge in [0.05, 0.1) is 6.54 Å². The predicted molar refractivity (Wildman–Crippen MR) is 129 cm³/mol. The molecule has 1 atom stereocenters. The lowest BCUT2D eigenvalue weighted by Gasteiger charge is -2.30. The molecule has 1 aliphatic carbocycles. The van der Waals surface area contributed by atoms with Crippen molar-refractivity contribution in [3.63, 3.8) is 0 Å². The third kappa shape index (κ3) is 5.21. The van der Waals surface area contributed by atoms with Crippen LogP contribution in [0.2, 0.25) is 0 Å². The second kappa shape index (κ2) is 9.66. The van der Waals surface area contributed by atoms with Gasteiger partial charge in [0.2, 0.25) is 11.7 Å². The first kappa shape index (κ1) is 24.1. The first-order valence-corrected chi connectivity index (χ1v) is 11.4. The van der Waals surface area contributed by atoms with Gasteiger partial charge in [0.15, 0.2) is 0 Å². The molecule has 1 aliphatic rings. The lowest BCUT2D eigenvalue weighted by Crippen LogP contribution is -2.53. The summed E-state index contributed by atoms with van der Waals surface area (Å²) in [5.41, 5.74) is 3.86. The standard InChI is InChI=1S/C27H28N2O6/c1-27(2,3)23(24(30)28-14-16-12-13-22(35-16)25(31)32)29-26(33)34-15-21-19-10-6-4-8-17(19)18-9-5-7-11-20(18)21/h4-13,21,23H,14-15H2,1-3H3,(H,28,30)(H,29,33)(H,31,32)/t23-/m0/s1. The highest BCUT2D eigenvalue weighted by Gasteiger charge is 2.34. The van der Waals surface area contributed by atoms with Crippen LogP contribution in [0.5, 0.6) is 0 Å². The van der Waals surface area contributed by atoms with E-state index in [1.165, 1.54) is 12.1 Å². The van der Waals surface area contributed by atoms with Crippen LogP contribution in [0.15, 0.2) is 65.1 Å². The number of ether oxygens (including phenoxy) is 1. The van der Waals surface area contributed by atoms with E-state index in [9.17, 15) is 14.4 Å². The zero-order chi connectivity index (χ0) is 25.2. The summed E-state index contributed by atoms with van der Waals surface area (Å²) in [4.78, 5) is 36.6. The molecule has 8 heteroatoms. The Morgan fingerprint density at radius 2 is 1.57 bits per heavy atom. The molecule has 3 aromatic rings. The molecule has 2 aromatic carbocycles. The maximum absolute atomic E-state index is 12.9. The van der Waals surface area contributed by atoms with Crippen molar-refractivity contribution in [1.82, 2.24) is 10.6 Å². The largest absolute Gasteiger partial charge is 0.475 e. The number of benzene rings is 2. The van der Waals surface area contributed by atoms with Crippen molar-refractivity contribution in [2.75, 3.05) is 6.61 Å². The van der Waals surface area contributed by atoms with Crippen LogP contribution in [-0.2, 0) is 16.1 Å². The molecule has 35 heavy (non-hydrogen) atoms. The fourth-order valence-corrected chi connectivity index (χ4v) is 4.30. The van der Waals surface area contributed by atoms with Crippen LogP contribution in [0.3, 0.4) is 0 Å². The highest BCUT2D eigenvalue weighted by Crippen LogP contribution is 2.44. The summed E-state index contributed by atoms with van der Waals surface area (Å²) in [6.07, 6.45) is -0.687. The number of carbonyl (C=O) groups is 3. The van der Waals surface area contributed by atoms with Crippen molar-refractivity contribution in [2.45, 2.75) is 39.3 Å². The molecule has 0 aliphatic heterocycles. The summed E-state index contributed by atoms with van der Waals surface area (Å²) >= 11 is 0. The minimum Gasteiger partial charge on any atom is -0.475 e. The molecule has 3 N–H and O–H groups in total. The van der Waals surface area contributed by atoms with Gasteiger partial charge in [0, 0.05) is 5.92 Å². The summed E-state index contributed by atoms with van der Waals surface area (Å²) in [6.45, 7) is 5.62. The summed E-state index contributed by atoms with van der Waals surface area (Å²) < 4.78 is 10.8. The number of aromatic carboxylic acids is 1. The van der Waals surface area contributed by atoms with Gasteiger partial charge in [-0.05, 0) is 39.8 Å². The Bertz CT molecular complexity index is 1210. The Morgan fingerprint density at radius 1 is 0.971 bits per heavy atom. The Labute approximate surface area is 203 Å². The van der Waals surface area contributed by atoms with Crippen molar-refractivity contribution in [1.29, 1.82) is 0 Å². The molecule has 0 spiro atoms. The Morgan fingerprint density at radius 3 is 2.11 bits per heavy atom. The molecular formula is C27H28N2O6. The van der Waals surface area contributed by atoms with E-state index < -0.39 is 29.4 Å². The summed E-state index contributed by atoms with van der Waals surface area (Å²) in [6, 6.07) is 18.0. The van der Waals surface area contributed by atoms with E-state index in [1.807, 2.05) is 57.2 Å². The molecule has 182 valence electrons. The van der Waals surface area contributed by atoms with E-state index >= 15 is 0 Å².